The fourth-order valence-corrected chi connectivity index (χ4v) is 5.02. The minimum atomic E-state index is -0.556. The molecule has 13 nitrogen and oxygen atoms in total. The first-order valence-corrected chi connectivity index (χ1v) is 13.3. The molecule has 0 aliphatic heterocycles. The summed E-state index contributed by atoms with van der Waals surface area (Å²) in [7, 11) is 7.26. The van der Waals surface area contributed by atoms with E-state index in [1.54, 1.807) is 43.2 Å². The fraction of sp³-hybridized carbons (Fsp3) is 0.444. The molecule has 0 aromatic carbocycles. The van der Waals surface area contributed by atoms with Gasteiger partial charge in [-0.25, -0.2) is 0 Å². The lowest BCUT2D eigenvalue weighted by Gasteiger charge is -2.15. The van der Waals surface area contributed by atoms with Gasteiger partial charge in [0, 0.05) is 45.1 Å². The minimum Gasteiger partial charge on any atom is -0.351 e. The maximum absolute atomic E-state index is 13.4. The van der Waals surface area contributed by atoms with Crippen LogP contribution >= 0.6 is 0 Å². The predicted octanol–water partition coefficient (Wildman–Crippen LogP) is 3.37. The third-order valence-corrected chi connectivity index (χ3v) is 7.05. The molecule has 4 rings (SSSR count). The highest BCUT2D eigenvalue weighted by Crippen LogP contribution is 2.33. The van der Waals surface area contributed by atoms with Crippen LogP contribution in [0.3, 0.4) is 0 Å². The fourth-order valence-electron chi connectivity index (χ4n) is 5.02. The van der Waals surface area contributed by atoms with Crippen molar-refractivity contribution in [1.29, 1.82) is 0 Å². The summed E-state index contributed by atoms with van der Waals surface area (Å²) < 4.78 is 4.94. The lowest BCUT2D eigenvalue weighted by molar-refractivity contribution is -0.384. The molecule has 0 saturated heterocycles. The maximum atomic E-state index is 13.4. The van der Waals surface area contributed by atoms with Crippen molar-refractivity contribution in [3.05, 3.63) is 64.0 Å². The second-order valence-electron chi connectivity index (χ2n) is 10.5. The van der Waals surface area contributed by atoms with Gasteiger partial charge in [-0.1, -0.05) is 12.8 Å². The Labute approximate surface area is 232 Å². The molecule has 3 N–H and O–H groups in total. The third kappa shape index (κ3) is 6.60. The molecule has 0 spiro atoms. The van der Waals surface area contributed by atoms with Gasteiger partial charge in [-0.2, -0.15) is 0 Å². The van der Waals surface area contributed by atoms with Gasteiger partial charge in [0.15, 0.2) is 0 Å². The number of hydrogen-bond acceptors (Lipinski definition) is 6. The van der Waals surface area contributed by atoms with Crippen molar-refractivity contribution in [2.24, 2.45) is 14.1 Å². The quantitative estimate of drug-likeness (QED) is 0.189. The van der Waals surface area contributed by atoms with Crippen molar-refractivity contribution in [3.63, 3.8) is 0 Å². The summed E-state index contributed by atoms with van der Waals surface area (Å²) in [5.74, 6) is -1.11. The zero-order valence-electron chi connectivity index (χ0n) is 23.3. The molecule has 0 atom stereocenters. The van der Waals surface area contributed by atoms with Crippen molar-refractivity contribution in [1.82, 2.24) is 23.9 Å². The number of carbonyl (C=O) groups is 3. The summed E-state index contributed by atoms with van der Waals surface area (Å²) in [5, 5.41) is 19.7. The van der Waals surface area contributed by atoms with E-state index >= 15 is 0 Å². The van der Waals surface area contributed by atoms with Crippen LogP contribution in [0.1, 0.15) is 69.6 Å². The Bertz CT molecular complexity index is 1410. The summed E-state index contributed by atoms with van der Waals surface area (Å²) in [6.07, 6.45) is 9.43. The van der Waals surface area contributed by atoms with E-state index in [1.807, 2.05) is 23.6 Å². The Morgan fingerprint density at radius 2 is 1.48 bits per heavy atom. The van der Waals surface area contributed by atoms with Crippen molar-refractivity contribution < 1.29 is 19.3 Å². The summed E-state index contributed by atoms with van der Waals surface area (Å²) in [6, 6.07) is 4.56. The molecule has 40 heavy (non-hydrogen) atoms. The molecule has 0 unspecified atom stereocenters. The molecular weight excluding hydrogens is 516 g/mol. The van der Waals surface area contributed by atoms with E-state index in [9.17, 15) is 24.5 Å². The minimum absolute atomic E-state index is 0.113. The number of nitro groups is 1. The standard InChI is InChI=1S/C27H36N8O5/c1-31(2)11-7-10-28-25(36)22-12-18(15-32(22)3)29-27(38)24-13-19(16-34(24)20-8-5-6-9-20)30-26(37)23-14-21(35(39)40)17-33(23)4/h12-17,20H,5-11H2,1-4H3,(H,28,36)(H,29,38)(H,30,37). The summed E-state index contributed by atoms with van der Waals surface area (Å²) in [4.78, 5) is 51.6. The number of carbonyl (C=O) groups excluding carboxylic acids is 3. The molecule has 3 aromatic rings. The van der Waals surface area contributed by atoms with Crippen molar-refractivity contribution in [2.45, 2.75) is 38.1 Å². The van der Waals surface area contributed by atoms with Crippen LogP contribution in [0.4, 0.5) is 17.1 Å². The average Bonchev–Trinajstić information content (AvgIpc) is 3.68. The number of rotatable bonds is 11. The molecule has 13 heteroatoms. The molecule has 214 valence electrons. The molecule has 3 amide bonds. The number of aromatic nitrogens is 3. The first-order chi connectivity index (χ1) is 19.0. The highest BCUT2D eigenvalue weighted by Gasteiger charge is 2.25. The molecule has 3 heterocycles. The first-order valence-electron chi connectivity index (χ1n) is 13.3. The van der Waals surface area contributed by atoms with Crippen LogP contribution in [0.25, 0.3) is 0 Å². The Kier molecular flexibility index (Phi) is 8.73. The number of nitrogens with zero attached hydrogens (tertiary/aromatic N) is 5. The van der Waals surface area contributed by atoms with E-state index in [0.717, 1.165) is 38.6 Å². The summed E-state index contributed by atoms with van der Waals surface area (Å²) in [6.45, 7) is 1.41. The number of aryl methyl sites for hydroxylation is 2. The molecule has 1 saturated carbocycles. The Balaban J connectivity index is 1.49. The van der Waals surface area contributed by atoms with Gasteiger partial charge < -0.3 is 34.6 Å². The van der Waals surface area contributed by atoms with Crippen LogP contribution in [0, 0.1) is 10.1 Å². The van der Waals surface area contributed by atoms with Gasteiger partial charge in [-0.05, 0) is 52.0 Å². The smallest absolute Gasteiger partial charge is 0.287 e. The Hall–Kier alpha value is -4.39. The normalized spacial score (nSPS) is 13.5. The second-order valence-corrected chi connectivity index (χ2v) is 10.5. The van der Waals surface area contributed by atoms with Crippen molar-refractivity contribution >= 4 is 34.8 Å². The zero-order chi connectivity index (χ0) is 29.0. The molecule has 1 aliphatic carbocycles. The van der Waals surface area contributed by atoms with Gasteiger partial charge in [0.1, 0.15) is 17.1 Å². The van der Waals surface area contributed by atoms with Crippen LogP contribution in [0.15, 0.2) is 36.8 Å². The van der Waals surface area contributed by atoms with Gasteiger partial charge in [0.05, 0.1) is 22.5 Å². The van der Waals surface area contributed by atoms with Gasteiger partial charge in [0.2, 0.25) is 0 Å². The topological polar surface area (TPSA) is 148 Å². The average molecular weight is 553 g/mol. The predicted molar refractivity (Wildman–Crippen MR) is 151 cm³/mol. The van der Waals surface area contributed by atoms with Gasteiger partial charge in [0.25, 0.3) is 23.4 Å². The molecule has 1 fully saturated rings. The molecule has 3 aromatic heterocycles. The zero-order valence-corrected chi connectivity index (χ0v) is 23.3. The van der Waals surface area contributed by atoms with Gasteiger partial charge in [-0.3, -0.25) is 24.5 Å². The first kappa shape index (κ1) is 28.6. The Morgan fingerprint density at radius 3 is 2.10 bits per heavy atom. The molecule has 0 bridgehead atoms. The van der Waals surface area contributed by atoms with Crippen LogP contribution in [-0.4, -0.2) is 68.4 Å². The maximum Gasteiger partial charge on any atom is 0.287 e. The van der Waals surface area contributed by atoms with Crippen LogP contribution in [0.2, 0.25) is 0 Å². The van der Waals surface area contributed by atoms with Crippen molar-refractivity contribution in [3.8, 4) is 0 Å². The summed E-state index contributed by atoms with van der Waals surface area (Å²) in [5.41, 5.74) is 1.64. The number of nitrogens with one attached hydrogen (secondary N) is 3. The van der Waals surface area contributed by atoms with E-state index < -0.39 is 10.8 Å². The van der Waals surface area contributed by atoms with E-state index in [-0.39, 0.29) is 29.2 Å². The highest BCUT2D eigenvalue weighted by molar-refractivity contribution is 6.07. The Morgan fingerprint density at radius 1 is 0.900 bits per heavy atom. The highest BCUT2D eigenvalue weighted by atomic mass is 16.6. The number of hydrogen-bond donors (Lipinski definition) is 3. The van der Waals surface area contributed by atoms with E-state index in [4.69, 9.17) is 0 Å². The SMILES string of the molecule is CN(C)CCCNC(=O)c1cc(NC(=O)c2cc(NC(=O)c3cc([N+](=O)[O-])cn3C)cn2C2CCCC2)cn1C. The van der Waals surface area contributed by atoms with E-state index in [2.05, 4.69) is 16.0 Å². The largest absolute Gasteiger partial charge is 0.351 e. The van der Waals surface area contributed by atoms with Crippen LogP contribution in [0.5, 0.6) is 0 Å². The molecular formula is C27H36N8O5. The van der Waals surface area contributed by atoms with Gasteiger partial charge >= 0.3 is 0 Å². The monoisotopic (exact) mass is 552 g/mol. The number of amides is 3. The third-order valence-electron chi connectivity index (χ3n) is 7.05. The number of anilines is 2. The van der Waals surface area contributed by atoms with Crippen LogP contribution in [-0.2, 0) is 14.1 Å². The molecule has 1 aliphatic rings. The molecule has 0 radical (unpaired) electrons. The summed E-state index contributed by atoms with van der Waals surface area (Å²) >= 11 is 0. The lowest BCUT2D eigenvalue weighted by Crippen LogP contribution is -2.28. The van der Waals surface area contributed by atoms with Gasteiger partial charge in [-0.15, -0.1) is 0 Å². The van der Waals surface area contributed by atoms with E-state index in [1.165, 1.54) is 16.8 Å². The van der Waals surface area contributed by atoms with E-state index in [0.29, 0.717) is 29.3 Å². The van der Waals surface area contributed by atoms with Crippen molar-refractivity contribution in [2.75, 3.05) is 37.8 Å². The lowest BCUT2D eigenvalue weighted by atomic mass is 10.2. The van der Waals surface area contributed by atoms with Crippen LogP contribution < -0.4 is 16.0 Å². The second kappa shape index (κ2) is 12.2.